The van der Waals surface area contributed by atoms with Gasteiger partial charge in [-0.05, 0) is 62.6 Å². The molecule has 1 aliphatic heterocycles. The highest BCUT2D eigenvalue weighted by Crippen LogP contribution is 2.33. The lowest BCUT2D eigenvalue weighted by Crippen LogP contribution is -2.40. The first-order chi connectivity index (χ1) is 17.1. The molecular weight excluding hydrogens is 471 g/mol. The van der Waals surface area contributed by atoms with Crippen molar-refractivity contribution >= 4 is 12.4 Å². The summed E-state index contributed by atoms with van der Waals surface area (Å²) in [5.41, 5.74) is 1.65. The minimum atomic E-state index is -1.02. The number of aldehydes is 1. The number of amides is 1. The number of hydrogen-bond acceptors (Lipinski definition) is 4. The van der Waals surface area contributed by atoms with Gasteiger partial charge in [0.25, 0.3) is 0 Å². The van der Waals surface area contributed by atoms with Crippen molar-refractivity contribution in [1.29, 1.82) is 0 Å². The van der Waals surface area contributed by atoms with Crippen molar-refractivity contribution in [2.75, 3.05) is 6.54 Å². The molecule has 0 bridgehead atoms. The lowest BCUT2D eigenvalue weighted by atomic mass is 9.96. The average molecular weight is 498 g/mol. The van der Waals surface area contributed by atoms with Gasteiger partial charge in [-0.25, -0.2) is 18.0 Å². The molecule has 0 radical (unpaired) electrons. The highest BCUT2D eigenvalue weighted by Gasteiger charge is 2.28. The average Bonchev–Trinajstić information content (AvgIpc) is 2.83. The van der Waals surface area contributed by atoms with Crippen molar-refractivity contribution in [3.63, 3.8) is 0 Å². The molecule has 4 rings (SSSR count). The molecule has 0 unspecified atom stereocenters. The molecule has 0 fully saturated rings. The van der Waals surface area contributed by atoms with Crippen LogP contribution >= 0.6 is 0 Å². The molecule has 8 heteroatoms. The van der Waals surface area contributed by atoms with Crippen LogP contribution in [0.3, 0.4) is 0 Å². The van der Waals surface area contributed by atoms with Crippen LogP contribution in [0, 0.1) is 17.5 Å². The van der Waals surface area contributed by atoms with Crippen LogP contribution in [0.1, 0.15) is 47.8 Å². The Hall–Kier alpha value is -3.81. The van der Waals surface area contributed by atoms with Gasteiger partial charge in [-0.3, -0.25) is 4.79 Å². The van der Waals surface area contributed by atoms with Gasteiger partial charge in [0.05, 0.1) is 5.56 Å². The van der Waals surface area contributed by atoms with E-state index >= 15 is 0 Å². The van der Waals surface area contributed by atoms with Gasteiger partial charge in [-0.2, -0.15) is 0 Å². The van der Waals surface area contributed by atoms with Gasteiger partial charge in [-0.1, -0.05) is 24.3 Å². The van der Waals surface area contributed by atoms with Gasteiger partial charge >= 0.3 is 6.09 Å². The number of carbonyl (C=O) groups is 2. The van der Waals surface area contributed by atoms with Crippen LogP contribution in [0.2, 0.25) is 0 Å². The lowest BCUT2D eigenvalue weighted by Gasteiger charge is -2.32. The topological polar surface area (TPSA) is 55.8 Å². The van der Waals surface area contributed by atoms with E-state index in [-0.39, 0.29) is 24.3 Å². The van der Waals surface area contributed by atoms with E-state index in [1.807, 2.05) is 0 Å². The molecule has 36 heavy (non-hydrogen) atoms. The monoisotopic (exact) mass is 497 g/mol. The first-order valence-corrected chi connectivity index (χ1v) is 11.5. The van der Waals surface area contributed by atoms with Gasteiger partial charge in [0.2, 0.25) is 0 Å². The number of ether oxygens (including phenoxy) is 2. The summed E-state index contributed by atoms with van der Waals surface area (Å²) < 4.78 is 53.9. The Labute approximate surface area is 207 Å². The van der Waals surface area contributed by atoms with Crippen molar-refractivity contribution in [2.45, 2.75) is 45.9 Å². The fourth-order valence-electron chi connectivity index (χ4n) is 4.12. The Morgan fingerprint density at radius 2 is 1.83 bits per heavy atom. The number of benzene rings is 3. The van der Waals surface area contributed by atoms with Crippen molar-refractivity contribution in [3.8, 4) is 16.9 Å². The smallest absolute Gasteiger partial charge is 0.410 e. The maximum Gasteiger partial charge on any atom is 0.410 e. The SMILES string of the molecule is CC(C)(C)OC(=O)N1CCc2c(ccc(C=O)c2OCc2cc(-c3cccc(F)c3F)ccc2F)C1. The summed E-state index contributed by atoms with van der Waals surface area (Å²) in [7, 11) is 0. The molecule has 1 amide bonds. The van der Waals surface area contributed by atoms with E-state index in [0.29, 0.717) is 36.1 Å². The summed E-state index contributed by atoms with van der Waals surface area (Å²) in [5, 5.41) is 0. The number of rotatable bonds is 5. The lowest BCUT2D eigenvalue weighted by molar-refractivity contribution is 0.0222. The summed E-state index contributed by atoms with van der Waals surface area (Å²) in [5.74, 6) is -2.29. The summed E-state index contributed by atoms with van der Waals surface area (Å²) in [6, 6.07) is 11.1. The van der Waals surface area contributed by atoms with E-state index in [4.69, 9.17) is 9.47 Å². The molecule has 1 heterocycles. The van der Waals surface area contributed by atoms with E-state index < -0.39 is 29.1 Å². The number of fused-ring (bicyclic) bond motifs is 1. The predicted molar refractivity (Wildman–Crippen MR) is 128 cm³/mol. The predicted octanol–water partition coefficient (Wildman–Crippen LogP) is 6.46. The van der Waals surface area contributed by atoms with Crippen LogP contribution in [-0.4, -0.2) is 29.4 Å². The summed E-state index contributed by atoms with van der Waals surface area (Å²) in [6.07, 6.45) is 0.645. The van der Waals surface area contributed by atoms with Gasteiger partial charge in [0.15, 0.2) is 17.9 Å². The van der Waals surface area contributed by atoms with Crippen molar-refractivity contribution in [3.05, 3.63) is 88.2 Å². The zero-order chi connectivity index (χ0) is 26.0. The second kappa shape index (κ2) is 10.0. The fourth-order valence-corrected chi connectivity index (χ4v) is 4.12. The zero-order valence-corrected chi connectivity index (χ0v) is 20.2. The molecule has 0 aliphatic carbocycles. The quantitative estimate of drug-likeness (QED) is 0.380. The minimum absolute atomic E-state index is 0.00385. The highest BCUT2D eigenvalue weighted by atomic mass is 19.2. The number of nitrogens with zero attached hydrogens (tertiary/aromatic N) is 1. The second-order valence-electron chi connectivity index (χ2n) is 9.59. The van der Waals surface area contributed by atoms with Gasteiger partial charge in [0, 0.05) is 29.8 Å². The first-order valence-electron chi connectivity index (χ1n) is 11.5. The number of halogens is 3. The van der Waals surface area contributed by atoms with Crippen LogP contribution in [0.25, 0.3) is 11.1 Å². The Morgan fingerprint density at radius 3 is 2.56 bits per heavy atom. The molecule has 3 aromatic rings. The van der Waals surface area contributed by atoms with Gasteiger partial charge in [0.1, 0.15) is 23.8 Å². The van der Waals surface area contributed by atoms with Crippen molar-refractivity contribution in [1.82, 2.24) is 4.90 Å². The van der Waals surface area contributed by atoms with Gasteiger partial charge in [-0.15, -0.1) is 0 Å². The number of carbonyl (C=O) groups excluding carboxylic acids is 2. The van der Waals surface area contributed by atoms with Crippen LogP contribution in [0.4, 0.5) is 18.0 Å². The molecule has 0 N–H and O–H groups in total. The second-order valence-corrected chi connectivity index (χ2v) is 9.59. The summed E-state index contributed by atoms with van der Waals surface area (Å²) in [4.78, 5) is 25.8. The van der Waals surface area contributed by atoms with Gasteiger partial charge < -0.3 is 14.4 Å². The standard InChI is InChI=1S/C28H26F3NO4/c1-28(2,3)36-27(34)32-12-11-22-18(14-32)7-8-19(15-33)26(22)35-16-20-13-17(9-10-23(20)29)21-5-4-6-24(30)25(21)31/h4-10,13,15H,11-12,14,16H2,1-3H3. The van der Waals surface area contributed by atoms with E-state index in [0.717, 1.165) is 23.3 Å². The number of hydrogen-bond donors (Lipinski definition) is 0. The van der Waals surface area contributed by atoms with E-state index in [1.165, 1.54) is 24.3 Å². The van der Waals surface area contributed by atoms with E-state index in [1.54, 1.807) is 37.8 Å². The van der Waals surface area contributed by atoms with Crippen molar-refractivity contribution in [2.24, 2.45) is 0 Å². The molecule has 188 valence electrons. The Kier molecular flexibility index (Phi) is 7.06. The third-order valence-electron chi connectivity index (χ3n) is 5.84. The molecule has 0 saturated heterocycles. The first kappa shape index (κ1) is 25.3. The van der Waals surface area contributed by atoms with Crippen LogP contribution in [0.15, 0.2) is 48.5 Å². The molecule has 0 saturated carbocycles. The Bertz CT molecular complexity index is 1320. The van der Waals surface area contributed by atoms with Crippen LogP contribution in [-0.2, 0) is 24.3 Å². The summed E-state index contributed by atoms with van der Waals surface area (Å²) in [6.45, 7) is 5.79. The molecule has 0 atom stereocenters. The minimum Gasteiger partial charge on any atom is -0.488 e. The Morgan fingerprint density at radius 1 is 1.06 bits per heavy atom. The van der Waals surface area contributed by atoms with Crippen LogP contribution in [0.5, 0.6) is 5.75 Å². The molecule has 0 aromatic heterocycles. The third-order valence-corrected chi connectivity index (χ3v) is 5.84. The van der Waals surface area contributed by atoms with E-state index in [9.17, 15) is 22.8 Å². The molecule has 5 nitrogen and oxygen atoms in total. The zero-order valence-electron chi connectivity index (χ0n) is 20.2. The fraction of sp³-hybridized carbons (Fsp3) is 0.286. The normalized spacial score (nSPS) is 13.2. The van der Waals surface area contributed by atoms with Crippen molar-refractivity contribution < 1.29 is 32.2 Å². The highest BCUT2D eigenvalue weighted by molar-refractivity contribution is 5.81. The van der Waals surface area contributed by atoms with E-state index in [2.05, 4.69) is 0 Å². The molecular formula is C28H26F3NO4. The third kappa shape index (κ3) is 5.37. The maximum atomic E-state index is 14.6. The molecule has 0 spiro atoms. The molecule has 3 aromatic carbocycles. The summed E-state index contributed by atoms with van der Waals surface area (Å²) >= 11 is 0. The van der Waals surface area contributed by atoms with Crippen LogP contribution < -0.4 is 4.74 Å². The maximum absolute atomic E-state index is 14.6. The Balaban J connectivity index is 1.59. The largest absolute Gasteiger partial charge is 0.488 e. The molecule has 1 aliphatic rings.